The van der Waals surface area contributed by atoms with Crippen LogP contribution in [0, 0.1) is 17.5 Å². The number of hydrogen-bond donors (Lipinski definition) is 1. The molecule has 4 nitrogen and oxygen atoms in total. The van der Waals surface area contributed by atoms with Gasteiger partial charge in [-0.1, -0.05) is 12.1 Å². The number of hydrogen-bond acceptors (Lipinski definition) is 4. The van der Waals surface area contributed by atoms with Crippen LogP contribution in [0.5, 0.6) is 0 Å². The van der Waals surface area contributed by atoms with Crippen LogP contribution in [0.2, 0.25) is 0 Å². The summed E-state index contributed by atoms with van der Waals surface area (Å²) in [7, 11) is 0. The van der Waals surface area contributed by atoms with Gasteiger partial charge in [-0.15, -0.1) is 11.8 Å². The first-order chi connectivity index (χ1) is 12.4. The highest BCUT2D eigenvalue weighted by Crippen LogP contribution is 2.22. The maximum absolute atomic E-state index is 13.4. The van der Waals surface area contributed by atoms with E-state index in [1.54, 1.807) is 12.1 Å². The second-order valence-electron chi connectivity index (χ2n) is 5.25. The van der Waals surface area contributed by atoms with Crippen LogP contribution in [0.25, 0.3) is 0 Å². The van der Waals surface area contributed by atoms with Crippen LogP contribution in [0.4, 0.5) is 13.2 Å². The number of amides is 1. The highest BCUT2D eigenvalue weighted by atomic mass is 32.2. The van der Waals surface area contributed by atoms with Crippen LogP contribution in [0.15, 0.2) is 47.4 Å². The zero-order valence-electron chi connectivity index (χ0n) is 13.6. The highest BCUT2D eigenvalue weighted by molar-refractivity contribution is 8.00. The average Bonchev–Trinajstić information content (AvgIpc) is 2.62. The predicted molar refractivity (Wildman–Crippen MR) is 91.2 cm³/mol. The molecule has 2 aromatic carbocycles. The molecule has 0 aliphatic carbocycles. The molecule has 0 bridgehead atoms. The van der Waals surface area contributed by atoms with Crippen LogP contribution in [0.3, 0.4) is 0 Å². The van der Waals surface area contributed by atoms with Crippen molar-refractivity contribution in [1.82, 2.24) is 5.32 Å². The summed E-state index contributed by atoms with van der Waals surface area (Å²) < 4.78 is 44.0. The monoisotopic (exact) mass is 383 g/mol. The van der Waals surface area contributed by atoms with Crippen molar-refractivity contribution in [2.24, 2.45) is 0 Å². The molecule has 1 N–H and O–H groups in total. The van der Waals surface area contributed by atoms with Crippen LogP contribution in [-0.4, -0.2) is 30.8 Å². The van der Waals surface area contributed by atoms with Crippen molar-refractivity contribution < 1.29 is 27.5 Å². The Bertz CT molecular complexity index is 769. The van der Waals surface area contributed by atoms with Gasteiger partial charge in [0.15, 0.2) is 6.61 Å². The van der Waals surface area contributed by atoms with Gasteiger partial charge in [0.25, 0.3) is 5.91 Å². The lowest BCUT2D eigenvalue weighted by Gasteiger charge is -2.07. The zero-order valence-corrected chi connectivity index (χ0v) is 14.5. The quantitative estimate of drug-likeness (QED) is 0.562. The molecule has 0 aliphatic heterocycles. The summed E-state index contributed by atoms with van der Waals surface area (Å²) >= 11 is 0.785. The normalized spacial score (nSPS) is 10.4. The van der Waals surface area contributed by atoms with E-state index in [0.717, 1.165) is 35.5 Å². The molecule has 0 atom stereocenters. The minimum Gasteiger partial charge on any atom is -0.455 e. The Morgan fingerprint density at radius 2 is 1.69 bits per heavy atom. The van der Waals surface area contributed by atoms with E-state index in [1.165, 1.54) is 12.1 Å². The molecule has 138 valence electrons. The maximum Gasteiger partial charge on any atom is 0.316 e. The fourth-order valence-corrected chi connectivity index (χ4v) is 2.72. The molecule has 0 aliphatic rings. The third kappa shape index (κ3) is 6.79. The summed E-state index contributed by atoms with van der Waals surface area (Å²) in [6.07, 6.45) is 0.509. The summed E-state index contributed by atoms with van der Waals surface area (Å²) in [5.41, 5.74) is 0.859. The number of halogens is 3. The Kier molecular flexibility index (Phi) is 7.53. The van der Waals surface area contributed by atoms with E-state index < -0.39 is 30.1 Å². The Labute approximate surface area is 152 Å². The molecule has 0 radical (unpaired) electrons. The Hall–Kier alpha value is -2.48. The van der Waals surface area contributed by atoms with Gasteiger partial charge in [0.05, 0.1) is 5.75 Å². The standard InChI is InChI=1S/C18H16F3NO3S/c19-13-3-1-12(2-4-13)7-8-22-17(23)10-25-18(24)11-26-16-9-14(20)5-6-15(16)21/h1-6,9H,7-8,10-11H2,(H,22,23). The first kappa shape index (κ1) is 19.8. The van der Waals surface area contributed by atoms with Crippen molar-refractivity contribution in [2.75, 3.05) is 18.9 Å². The lowest BCUT2D eigenvalue weighted by molar-refractivity contribution is -0.145. The number of ether oxygens (including phenoxy) is 1. The number of nitrogens with one attached hydrogen (secondary N) is 1. The number of esters is 1. The lowest BCUT2D eigenvalue weighted by atomic mass is 10.1. The van der Waals surface area contributed by atoms with Crippen molar-refractivity contribution in [3.8, 4) is 0 Å². The summed E-state index contributed by atoms with van der Waals surface area (Å²) in [5, 5.41) is 2.57. The van der Waals surface area contributed by atoms with Crippen LogP contribution < -0.4 is 5.32 Å². The Morgan fingerprint density at radius 3 is 2.42 bits per heavy atom. The second kappa shape index (κ2) is 9.86. The van der Waals surface area contributed by atoms with Crippen LogP contribution in [0.1, 0.15) is 5.56 Å². The molecular formula is C18H16F3NO3S. The van der Waals surface area contributed by atoms with Crippen LogP contribution >= 0.6 is 11.8 Å². The molecule has 26 heavy (non-hydrogen) atoms. The summed E-state index contributed by atoms with van der Waals surface area (Å²) in [6, 6.07) is 8.83. The molecule has 0 saturated carbocycles. The largest absolute Gasteiger partial charge is 0.455 e. The van der Waals surface area contributed by atoms with Crippen molar-refractivity contribution in [1.29, 1.82) is 0 Å². The van der Waals surface area contributed by atoms with Gasteiger partial charge >= 0.3 is 5.97 Å². The molecule has 1 amide bonds. The summed E-state index contributed by atoms with van der Waals surface area (Å²) in [6.45, 7) is -0.153. The molecule has 2 aromatic rings. The minimum atomic E-state index is -0.715. The SMILES string of the molecule is O=C(COC(=O)CSc1cc(F)ccc1F)NCCc1ccc(F)cc1. The fraction of sp³-hybridized carbons (Fsp3) is 0.222. The highest BCUT2D eigenvalue weighted by Gasteiger charge is 2.11. The number of carbonyl (C=O) groups is 2. The molecule has 0 heterocycles. The van der Waals surface area contributed by atoms with E-state index in [4.69, 9.17) is 4.74 Å². The number of thioether (sulfide) groups is 1. The number of benzene rings is 2. The molecule has 0 unspecified atom stereocenters. The molecule has 0 aromatic heterocycles. The molecule has 0 fully saturated rings. The summed E-state index contributed by atoms with van der Waals surface area (Å²) in [4.78, 5) is 23.2. The lowest BCUT2D eigenvalue weighted by Crippen LogP contribution is -2.30. The summed E-state index contributed by atoms with van der Waals surface area (Å²) in [5.74, 6) is -3.02. The van der Waals surface area contributed by atoms with Gasteiger partial charge in [-0.2, -0.15) is 0 Å². The van der Waals surface area contributed by atoms with Crippen molar-refractivity contribution >= 4 is 23.6 Å². The molecule has 2 rings (SSSR count). The van der Waals surface area contributed by atoms with Gasteiger partial charge in [0.2, 0.25) is 0 Å². The smallest absolute Gasteiger partial charge is 0.316 e. The van der Waals surface area contributed by atoms with Gasteiger partial charge in [-0.25, -0.2) is 13.2 Å². The fourth-order valence-electron chi connectivity index (χ4n) is 1.96. The van der Waals surface area contributed by atoms with Crippen molar-refractivity contribution in [3.05, 3.63) is 65.5 Å². The van der Waals surface area contributed by atoms with Crippen molar-refractivity contribution in [2.45, 2.75) is 11.3 Å². The Morgan fingerprint density at radius 1 is 1.00 bits per heavy atom. The van der Waals surface area contributed by atoms with Crippen molar-refractivity contribution in [3.63, 3.8) is 0 Å². The zero-order chi connectivity index (χ0) is 18.9. The van der Waals surface area contributed by atoms with E-state index >= 15 is 0 Å². The van der Waals surface area contributed by atoms with Crippen LogP contribution in [-0.2, 0) is 20.7 Å². The molecule has 0 spiro atoms. The predicted octanol–water partition coefficient (Wildman–Crippen LogP) is 3.10. The molecule has 0 saturated heterocycles. The first-order valence-electron chi connectivity index (χ1n) is 7.68. The third-order valence-corrected chi connectivity index (χ3v) is 4.26. The van der Waals surface area contributed by atoms with E-state index in [0.29, 0.717) is 13.0 Å². The minimum absolute atomic E-state index is 0.00861. The third-order valence-electron chi connectivity index (χ3n) is 3.25. The van der Waals surface area contributed by atoms with Gasteiger partial charge in [-0.3, -0.25) is 9.59 Å². The van der Waals surface area contributed by atoms with Gasteiger partial charge in [0, 0.05) is 11.4 Å². The van der Waals surface area contributed by atoms with E-state index in [2.05, 4.69) is 5.32 Å². The second-order valence-corrected chi connectivity index (χ2v) is 6.27. The van der Waals surface area contributed by atoms with E-state index in [9.17, 15) is 22.8 Å². The molecular weight excluding hydrogens is 367 g/mol. The van der Waals surface area contributed by atoms with Gasteiger partial charge in [-0.05, 0) is 42.3 Å². The number of carbonyl (C=O) groups excluding carboxylic acids is 2. The van der Waals surface area contributed by atoms with E-state index in [-0.39, 0.29) is 16.5 Å². The first-order valence-corrected chi connectivity index (χ1v) is 8.67. The topological polar surface area (TPSA) is 55.4 Å². The van der Waals surface area contributed by atoms with Gasteiger partial charge < -0.3 is 10.1 Å². The van der Waals surface area contributed by atoms with E-state index in [1.807, 2.05) is 0 Å². The number of rotatable bonds is 8. The average molecular weight is 383 g/mol. The Balaban J connectivity index is 1.64. The molecule has 8 heteroatoms. The maximum atomic E-state index is 13.4. The van der Waals surface area contributed by atoms with Gasteiger partial charge in [0.1, 0.15) is 17.5 Å².